The third kappa shape index (κ3) is 7.55. The molecule has 0 saturated carbocycles. The molecule has 2 aromatic carbocycles. The van der Waals surface area contributed by atoms with E-state index in [-0.39, 0.29) is 43.2 Å². The lowest BCUT2D eigenvalue weighted by molar-refractivity contribution is -0.136. The maximum Gasteiger partial charge on any atom is 0.408 e. The highest BCUT2D eigenvalue weighted by Gasteiger charge is 2.47. The number of nitrogens with one attached hydrogen (secondary N) is 4. The summed E-state index contributed by atoms with van der Waals surface area (Å²) in [6, 6.07) is 10.9. The summed E-state index contributed by atoms with van der Waals surface area (Å²) in [5, 5.41) is 18.4. The van der Waals surface area contributed by atoms with E-state index in [9.17, 15) is 14.4 Å². The fourth-order valence-electron chi connectivity index (χ4n) is 6.07. The van der Waals surface area contributed by atoms with E-state index in [0.29, 0.717) is 34.8 Å². The van der Waals surface area contributed by atoms with E-state index in [2.05, 4.69) is 31.1 Å². The molecule has 14 heteroatoms. The second-order valence-corrected chi connectivity index (χ2v) is 13.4. The molecule has 48 heavy (non-hydrogen) atoms. The fourth-order valence-corrected chi connectivity index (χ4v) is 6.61. The van der Waals surface area contributed by atoms with Gasteiger partial charge in [-0.1, -0.05) is 99.2 Å². The Kier molecular flexibility index (Phi) is 10.8. The molecule has 2 heterocycles. The van der Waals surface area contributed by atoms with Crippen molar-refractivity contribution in [3.63, 3.8) is 0 Å². The predicted octanol–water partition coefficient (Wildman–Crippen LogP) is 6.03. The number of H-pyrrole nitrogens is 1. The quantitative estimate of drug-likeness (QED) is 0.119. The van der Waals surface area contributed by atoms with Gasteiger partial charge in [-0.25, -0.2) is 4.79 Å². The Bertz CT molecular complexity index is 1780. The Morgan fingerprint density at radius 1 is 1.06 bits per heavy atom. The number of anilines is 1. The first-order chi connectivity index (χ1) is 22.9. The molecule has 0 saturated heterocycles. The number of aryl methyl sites for hydroxylation is 1. The smallest absolute Gasteiger partial charge is 0.408 e. The second kappa shape index (κ2) is 14.9. The lowest BCUT2D eigenvalue weighted by Gasteiger charge is -2.39. The number of hydrogen-bond acceptors (Lipinski definition) is 8. The van der Waals surface area contributed by atoms with Gasteiger partial charge in [-0.3, -0.25) is 9.59 Å². The number of nitrogens with two attached hydrogens (primary N) is 1. The van der Waals surface area contributed by atoms with Crippen LogP contribution in [0.4, 0.5) is 10.8 Å². The number of benzene rings is 2. The van der Waals surface area contributed by atoms with Gasteiger partial charge < -0.3 is 35.8 Å². The number of ether oxygens (including phenoxy) is 1. The minimum Gasteiger partial charge on any atom is -0.445 e. The normalized spacial score (nSPS) is 18.3. The largest absolute Gasteiger partial charge is 0.445 e. The monoisotopic (exact) mass is 697 g/mol. The van der Waals surface area contributed by atoms with Crippen LogP contribution in [-0.4, -0.2) is 44.7 Å². The number of rotatable bonds is 12. The number of fused-ring (bicyclic) bond motifs is 3. The third-order valence-electron chi connectivity index (χ3n) is 9.30. The van der Waals surface area contributed by atoms with E-state index in [4.69, 9.17) is 38.1 Å². The minimum atomic E-state index is -1.44. The van der Waals surface area contributed by atoms with Crippen LogP contribution < -0.4 is 21.7 Å². The zero-order chi connectivity index (χ0) is 34.6. The molecule has 3 amide bonds. The summed E-state index contributed by atoms with van der Waals surface area (Å²) in [4.78, 5) is 45.2. The van der Waals surface area contributed by atoms with Crippen molar-refractivity contribution < 1.29 is 23.5 Å². The molecule has 0 radical (unpaired) electrons. The Labute approximate surface area is 288 Å². The van der Waals surface area contributed by atoms with E-state index in [1.165, 1.54) is 0 Å². The zero-order valence-electron chi connectivity index (χ0n) is 27.4. The number of nitrogen functional groups attached to an aromatic ring is 1. The van der Waals surface area contributed by atoms with Crippen molar-refractivity contribution in [1.82, 2.24) is 31.1 Å². The summed E-state index contributed by atoms with van der Waals surface area (Å²) < 4.78 is 11.0. The molecule has 12 nitrogen and oxygen atoms in total. The van der Waals surface area contributed by atoms with Gasteiger partial charge in [-0.05, 0) is 47.9 Å². The SMILES string of the molecule is CCC(C)C(NC(=O)OCc1ccccc1)C(=O)N[C@@]1(C(=O)N[C@@H](c2nnc(N)o2)[C@@H](C)CC)CCc2[nH]c3c(Cl)cc(Cl)cc3c2C1. The molecular formula is C34H41Cl2N7O5. The number of nitrogens with zero attached hydrogens (tertiary/aromatic N) is 2. The van der Waals surface area contributed by atoms with Crippen LogP contribution in [0.25, 0.3) is 10.9 Å². The van der Waals surface area contributed by atoms with Crippen molar-refractivity contribution >= 4 is 58.0 Å². The summed E-state index contributed by atoms with van der Waals surface area (Å²) in [6.07, 6.45) is 1.32. The Morgan fingerprint density at radius 2 is 1.79 bits per heavy atom. The first-order valence-corrected chi connectivity index (χ1v) is 16.9. The van der Waals surface area contributed by atoms with Crippen molar-refractivity contribution in [2.75, 3.05) is 5.73 Å². The first kappa shape index (κ1) is 35.0. The van der Waals surface area contributed by atoms with Crippen LogP contribution in [0, 0.1) is 11.8 Å². The molecule has 6 N–H and O–H groups in total. The molecule has 0 aliphatic heterocycles. The number of halogens is 2. The minimum absolute atomic E-state index is 0.0412. The molecule has 5 atom stereocenters. The third-order valence-corrected chi connectivity index (χ3v) is 9.82. The average Bonchev–Trinajstić information content (AvgIpc) is 3.67. The van der Waals surface area contributed by atoms with Crippen LogP contribution in [0.3, 0.4) is 0 Å². The number of aromatic nitrogens is 3. The summed E-state index contributed by atoms with van der Waals surface area (Å²) in [5.41, 5.74) is 7.52. The van der Waals surface area contributed by atoms with Gasteiger partial charge in [0.25, 0.3) is 0 Å². The number of carbonyl (C=O) groups is 3. The van der Waals surface area contributed by atoms with E-state index in [1.54, 1.807) is 12.1 Å². The molecule has 0 spiro atoms. The van der Waals surface area contributed by atoms with Crippen LogP contribution in [0.1, 0.15) is 75.7 Å². The molecule has 2 unspecified atom stereocenters. The standard InChI is InChI=1S/C34H41Cl2N7O5/c1-5-18(3)26(40-33(46)47-17-20-10-8-7-9-11-20)29(44)41-34(31(45)39-27(19(4)6-2)30-42-43-32(37)48-30)13-12-25-23(16-34)22-14-21(35)15-24(36)28(22)38-25/h7-11,14-15,18-19,26-27,38H,5-6,12-13,16-17H2,1-4H3,(H2,37,43)(H,39,45)(H,40,46)(H,41,44)/t18?,19-,26?,27+,34-/m0/s1. The van der Waals surface area contributed by atoms with Gasteiger partial charge in [0, 0.05) is 22.5 Å². The van der Waals surface area contributed by atoms with Crippen molar-refractivity contribution in [3.05, 3.63) is 75.2 Å². The van der Waals surface area contributed by atoms with Crippen molar-refractivity contribution in [2.45, 2.75) is 84.0 Å². The number of carbonyl (C=O) groups excluding carboxylic acids is 3. The Hall–Kier alpha value is -4.29. The van der Waals surface area contributed by atoms with Crippen molar-refractivity contribution in [2.24, 2.45) is 11.8 Å². The summed E-state index contributed by atoms with van der Waals surface area (Å²) in [7, 11) is 0. The zero-order valence-corrected chi connectivity index (χ0v) is 28.9. The van der Waals surface area contributed by atoms with Crippen molar-refractivity contribution in [3.8, 4) is 0 Å². The Balaban J connectivity index is 1.47. The molecule has 4 aromatic rings. The highest BCUT2D eigenvalue weighted by molar-refractivity contribution is 6.38. The highest BCUT2D eigenvalue weighted by atomic mass is 35.5. The molecular weight excluding hydrogens is 657 g/mol. The van der Waals surface area contributed by atoms with Gasteiger partial charge in [-0.15, -0.1) is 5.10 Å². The van der Waals surface area contributed by atoms with Gasteiger partial charge in [0.2, 0.25) is 17.7 Å². The van der Waals surface area contributed by atoms with Crippen LogP contribution in [-0.2, 0) is 33.8 Å². The first-order valence-electron chi connectivity index (χ1n) is 16.1. The van der Waals surface area contributed by atoms with E-state index in [1.807, 2.05) is 58.0 Å². The highest BCUT2D eigenvalue weighted by Crippen LogP contribution is 2.39. The molecule has 5 rings (SSSR count). The number of aromatic amines is 1. The summed E-state index contributed by atoms with van der Waals surface area (Å²) in [6.45, 7) is 7.74. The van der Waals surface area contributed by atoms with Gasteiger partial charge in [0.15, 0.2) is 0 Å². The van der Waals surface area contributed by atoms with Crippen LogP contribution >= 0.6 is 23.2 Å². The van der Waals surface area contributed by atoms with Gasteiger partial charge >= 0.3 is 12.1 Å². The molecule has 1 aliphatic rings. The average molecular weight is 699 g/mol. The van der Waals surface area contributed by atoms with Crippen LogP contribution in [0.2, 0.25) is 10.0 Å². The van der Waals surface area contributed by atoms with Gasteiger partial charge in [0.05, 0.1) is 10.5 Å². The molecule has 256 valence electrons. The molecule has 0 bridgehead atoms. The lowest BCUT2D eigenvalue weighted by Crippen LogP contribution is -2.65. The second-order valence-electron chi connectivity index (χ2n) is 12.5. The van der Waals surface area contributed by atoms with E-state index >= 15 is 0 Å². The number of alkyl carbamates (subject to hydrolysis) is 1. The van der Waals surface area contributed by atoms with E-state index < -0.39 is 35.5 Å². The summed E-state index contributed by atoms with van der Waals surface area (Å²) >= 11 is 12.9. The number of hydrogen-bond donors (Lipinski definition) is 5. The van der Waals surface area contributed by atoms with Crippen molar-refractivity contribution in [1.29, 1.82) is 0 Å². The van der Waals surface area contributed by atoms with E-state index in [0.717, 1.165) is 22.2 Å². The number of amides is 3. The maximum absolute atomic E-state index is 14.6. The molecule has 1 aliphatic carbocycles. The van der Waals surface area contributed by atoms with Crippen LogP contribution in [0.15, 0.2) is 46.9 Å². The van der Waals surface area contributed by atoms with Gasteiger partial charge in [-0.2, -0.15) is 0 Å². The maximum atomic E-state index is 14.6. The lowest BCUT2D eigenvalue weighted by atomic mass is 9.78. The topological polar surface area (TPSA) is 177 Å². The van der Waals surface area contributed by atoms with Crippen LogP contribution in [0.5, 0.6) is 0 Å². The molecule has 0 fully saturated rings. The van der Waals surface area contributed by atoms with Gasteiger partial charge in [0.1, 0.15) is 24.2 Å². The Morgan fingerprint density at radius 3 is 2.46 bits per heavy atom. The predicted molar refractivity (Wildman–Crippen MR) is 183 cm³/mol. The summed E-state index contributed by atoms with van der Waals surface area (Å²) in [5.74, 6) is -1.19. The molecule has 2 aromatic heterocycles. The fraction of sp³-hybridized carbons (Fsp3) is 0.441.